The van der Waals surface area contributed by atoms with Crippen LogP contribution >= 0.6 is 11.6 Å². The molecule has 0 unspecified atom stereocenters. The van der Waals surface area contributed by atoms with Crippen molar-refractivity contribution < 1.29 is 23.5 Å². The van der Waals surface area contributed by atoms with Crippen molar-refractivity contribution in [2.24, 2.45) is 0 Å². The number of carbonyl (C=O) groups is 2. The monoisotopic (exact) mass is 275 g/mol. The Kier molecular flexibility index (Phi) is 4.38. The minimum Gasteiger partial charge on any atom is -0.474 e. The largest absolute Gasteiger partial charge is 0.474 e. The van der Waals surface area contributed by atoms with Gasteiger partial charge in [0.1, 0.15) is 11.5 Å². The molecule has 0 saturated carbocycles. The topological polar surface area (TPSA) is 57.6 Å². The lowest BCUT2D eigenvalue weighted by Crippen LogP contribution is -2.37. The zero-order chi connectivity index (χ0) is 13.9. The van der Waals surface area contributed by atoms with Gasteiger partial charge in [-0.05, 0) is 12.1 Å². The number of nitrogens with zero attached hydrogens (tertiary/aromatic N) is 1. The maximum absolute atomic E-state index is 13.7. The van der Waals surface area contributed by atoms with E-state index in [2.05, 4.69) is 6.58 Å². The summed E-state index contributed by atoms with van der Waals surface area (Å²) in [4.78, 5) is 22.4. The Balaban J connectivity index is 3.38. The number of rotatable bonds is 3. The van der Waals surface area contributed by atoms with E-state index in [4.69, 9.17) is 16.7 Å². The van der Waals surface area contributed by atoms with Crippen LogP contribution in [0.5, 0.6) is 0 Å². The maximum Gasteiger partial charge on any atom is 0.394 e. The van der Waals surface area contributed by atoms with E-state index in [0.717, 1.165) is 18.2 Å². The smallest absolute Gasteiger partial charge is 0.394 e. The summed E-state index contributed by atoms with van der Waals surface area (Å²) < 4.78 is 27.2. The van der Waals surface area contributed by atoms with Gasteiger partial charge in [0.2, 0.25) is 0 Å². The van der Waals surface area contributed by atoms with E-state index in [-0.39, 0.29) is 6.54 Å². The Morgan fingerprint density at radius 1 is 1.44 bits per heavy atom. The van der Waals surface area contributed by atoms with Crippen LogP contribution in [0.2, 0.25) is 5.02 Å². The van der Waals surface area contributed by atoms with E-state index in [1.165, 1.54) is 0 Å². The number of amides is 1. The highest BCUT2D eigenvalue weighted by molar-refractivity contribution is 6.37. The Morgan fingerprint density at radius 2 is 2.06 bits per heavy atom. The first-order valence-electron chi connectivity index (χ1n) is 4.69. The van der Waals surface area contributed by atoms with Crippen LogP contribution in [0.3, 0.4) is 0 Å². The molecular weight excluding hydrogens is 268 g/mol. The molecule has 7 heteroatoms. The number of carboxylic acid groups (broad SMARTS) is 1. The summed E-state index contributed by atoms with van der Waals surface area (Å²) in [5.41, 5.74) is -0.810. The van der Waals surface area contributed by atoms with Gasteiger partial charge in [-0.15, -0.1) is 6.58 Å². The first-order chi connectivity index (χ1) is 8.40. The molecule has 0 fully saturated rings. The van der Waals surface area contributed by atoms with Gasteiger partial charge < -0.3 is 5.11 Å². The van der Waals surface area contributed by atoms with Crippen LogP contribution in [0.1, 0.15) is 0 Å². The molecule has 0 aliphatic carbocycles. The standard InChI is InChI=1S/C11H8ClF2NO3/c1-2-5-15(10(16)11(17)18)9-7(13)4-3-6(12)8(9)14/h2-4H,1,5H2,(H,17,18). The van der Waals surface area contributed by atoms with E-state index < -0.39 is 34.2 Å². The fourth-order valence-electron chi connectivity index (χ4n) is 1.28. The number of hydrogen-bond acceptors (Lipinski definition) is 2. The van der Waals surface area contributed by atoms with Gasteiger partial charge in [-0.3, -0.25) is 9.69 Å². The zero-order valence-electron chi connectivity index (χ0n) is 8.99. The second-order valence-corrected chi connectivity index (χ2v) is 3.61. The first-order valence-corrected chi connectivity index (χ1v) is 5.07. The molecule has 0 saturated heterocycles. The molecule has 18 heavy (non-hydrogen) atoms. The SMILES string of the molecule is C=CCN(C(=O)C(=O)O)c1c(F)ccc(Cl)c1F. The Bertz CT molecular complexity index is 519. The van der Waals surface area contributed by atoms with Crippen molar-refractivity contribution >= 4 is 29.2 Å². The molecule has 1 amide bonds. The average molecular weight is 276 g/mol. The number of carboxylic acids is 1. The predicted molar refractivity (Wildman–Crippen MR) is 61.6 cm³/mol. The van der Waals surface area contributed by atoms with E-state index in [0.29, 0.717) is 4.90 Å². The van der Waals surface area contributed by atoms with Crippen LogP contribution in [0, 0.1) is 11.6 Å². The van der Waals surface area contributed by atoms with Crippen LogP contribution in [-0.4, -0.2) is 23.5 Å². The lowest BCUT2D eigenvalue weighted by molar-refractivity contribution is -0.148. The summed E-state index contributed by atoms with van der Waals surface area (Å²) in [7, 11) is 0. The number of carbonyl (C=O) groups excluding carboxylic acids is 1. The van der Waals surface area contributed by atoms with Crippen LogP contribution < -0.4 is 4.90 Å². The number of halogens is 3. The molecule has 1 rings (SSSR count). The number of hydrogen-bond donors (Lipinski definition) is 1. The molecular formula is C11H8ClF2NO3. The van der Waals surface area contributed by atoms with Gasteiger partial charge in [0.25, 0.3) is 0 Å². The quantitative estimate of drug-likeness (QED) is 0.523. The summed E-state index contributed by atoms with van der Waals surface area (Å²) >= 11 is 5.46. The van der Waals surface area contributed by atoms with Crippen molar-refractivity contribution in [3.05, 3.63) is 41.4 Å². The zero-order valence-corrected chi connectivity index (χ0v) is 9.75. The van der Waals surface area contributed by atoms with Crippen molar-refractivity contribution in [3.63, 3.8) is 0 Å². The summed E-state index contributed by atoms with van der Waals surface area (Å²) in [5.74, 6) is -5.60. The van der Waals surface area contributed by atoms with Gasteiger partial charge in [0.05, 0.1) is 5.02 Å². The number of benzene rings is 1. The fraction of sp³-hybridized carbons (Fsp3) is 0.0909. The third kappa shape index (κ3) is 2.65. The number of aliphatic carboxylic acids is 1. The number of anilines is 1. The highest BCUT2D eigenvalue weighted by Gasteiger charge is 2.27. The third-order valence-corrected chi connectivity index (χ3v) is 2.32. The lowest BCUT2D eigenvalue weighted by atomic mass is 10.2. The Labute approximate surface area is 106 Å². The summed E-state index contributed by atoms with van der Waals surface area (Å²) in [6.45, 7) is 2.92. The molecule has 0 radical (unpaired) electrons. The minimum atomic E-state index is -1.84. The van der Waals surface area contributed by atoms with Crippen LogP contribution in [-0.2, 0) is 9.59 Å². The predicted octanol–water partition coefficient (Wildman–Crippen LogP) is 2.22. The minimum absolute atomic E-state index is 0.362. The average Bonchev–Trinajstić information content (AvgIpc) is 2.32. The Morgan fingerprint density at radius 3 is 2.56 bits per heavy atom. The molecule has 1 aromatic rings. The highest BCUT2D eigenvalue weighted by atomic mass is 35.5. The second-order valence-electron chi connectivity index (χ2n) is 3.20. The molecule has 1 aromatic carbocycles. The molecule has 0 spiro atoms. The van der Waals surface area contributed by atoms with Gasteiger partial charge in [-0.2, -0.15) is 0 Å². The van der Waals surface area contributed by atoms with Gasteiger partial charge >= 0.3 is 11.9 Å². The van der Waals surface area contributed by atoms with Crippen molar-refractivity contribution in [1.82, 2.24) is 0 Å². The Hall–Kier alpha value is -1.95. The summed E-state index contributed by atoms with van der Waals surface area (Å²) in [6.07, 6.45) is 1.14. The van der Waals surface area contributed by atoms with Crippen molar-refractivity contribution in [3.8, 4) is 0 Å². The van der Waals surface area contributed by atoms with E-state index >= 15 is 0 Å². The third-order valence-electron chi connectivity index (χ3n) is 2.03. The van der Waals surface area contributed by atoms with Crippen LogP contribution in [0.25, 0.3) is 0 Å². The molecule has 0 bridgehead atoms. The normalized spacial score (nSPS) is 9.94. The maximum atomic E-state index is 13.7. The first kappa shape index (κ1) is 14.1. The molecule has 0 aliphatic heterocycles. The molecule has 1 N–H and O–H groups in total. The van der Waals surface area contributed by atoms with Crippen molar-refractivity contribution in [1.29, 1.82) is 0 Å². The molecule has 96 valence electrons. The van der Waals surface area contributed by atoms with Gasteiger partial charge in [-0.1, -0.05) is 17.7 Å². The van der Waals surface area contributed by atoms with Crippen molar-refractivity contribution in [2.75, 3.05) is 11.4 Å². The van der Waals surface area contributed by atoms with Gasteiger partial charge in [0.15, 0.2) is 5.82 Å². The molecule has 0 atom stereocenters. The molecule has 4 nitrogen and oxygen atoms in total. The highest BCUT2D eigenvalue weighted by Crippen LogP contribution is 2.29. The van der Waals surface area contributed by atoms with Crippen molar-refractivity contribution in [2.45, 2.75) is 0 Å². The second kappa shape index (κ2) is 5.59. The molecule has 0 aliphatic rings. The fourth-order valence-corrected chi connectivity index (χ4v) is 1.44. The van der Waals surface area contributed by atoms with E-state index in [1.807, 2.05) is 0 Å². The van der Waals surface area contributed by atoms with Crippen LogP contribution in [0.15, 0.2) is 24.8 Å². The van der Waals surface area contributed by atoms with Gasteiger partial charge in [0, 0.05) is 6.54 Å². The van der Waals surface area contributed by atoms with E-state index in [1.54, 1.807) is 0 Å². The summed E-state index contributed by atoms with van der Waals surface area (Å²) in [5, 5.41) is 8.17. The molecule has 0 aromatic heterocycles. The summed E-state index contributed by atoms with van der Waals surface area (Å²) in [6, 6.07) is 1.80. The van der Waals surface area contributed by atoms with Crippen LogP contribution in [0.4, 0.5) is 14.5 Å². The van der Waals surface area contributed by atoms with E-state index in [9.17, 15) is 18.4 Å². The molecule has 0 heterocycles. The lowest BCUT2D eigenvalue weighted by Gasteiger charge is -2.20. The van der Waals surface area contributed by atoms with Gasteiger partial charge in [-0.25, -0.2) is 13.6 Å².